The number of hydrogen-bond donors (Lipinski definition) is 2. The van der Waals surface area contributed by atoms with Crippen molar-refractivity contribution in [3.05, 3.63) is 23.8 Å². The fourth-order valence-electron chi connectivity index (χ4n) is 1.19. The van der Waals surface area contributed by atoms with Crippen molar-refractivity contribution in [3.8, 4) is 5.75 Å². The van der Waals surface area contributed by atoms with Crippen LogP contribution in [0.15, 0.2) is 18.2 Å². The Kier molecular flexibility index (Phi) is 4.35. The fraction of sp³-hybridized carbons (Fsp3) is 0.200. The van der Waals surface area contributed by atoms with E-state index in [1.807, 2.05) is 0 Å². The number of ether oxygens (including phenoxy) is 1. The normalized spacial score (nSPS) is 11.9. The quantitative estimate of drug-likeness (QED) is 0.841. The van der Waals surface area contributed by atoms with Crippen molar-refractivity contribution in [2.45, 2.75) is 12.5 Å². The van der Waals surface area contributed by atoms with Gasteiger partial charge in [-0.05, 0) is 18.2 Å². The molecule has 5 nitrogen and oxygen atoms in total. The minimum Gasteiger partial charge on any atom is -0.478 e. The molecule has 0 aromatic heterocycles. The zero-order valence-corrected chi connectivity index (χ0v) is 9.67. The maximum Gasteiger partial charge on any atom is 0.573 e. The molecule has 116 valence electrons. The van der Waals surface area contributed by atoms with Gasteiger partial charge in [-0.3, -0.25) is 4.79 Å². The van der Waals surface area contributed by atoms with Crippen molar-refractivity contribution in [2.75, 3.05) is 5.32 Å². The zero-order valence-electron chi connectivity index (χ0n) is 9.67. The fourth-order valence-corrected chi connectivity index (χ4v) is 1.19. The highest BCUT2D eigenvalue weighted by Gasteiger charge is 2.39. The predicted octanol–water partition coefficient (Wildman–Crippen LogP) is 2.78. The lowest BCUT2D eigenvalue weighted by atomic mass is 10.1. The molecule has 2 N–H and O–H groups in total. The Morgan fingerprint density at radius 1 is 1.10 bits per heavy atom. The van der Waals surface area contributed by atoms with Crippen LogP contribution in [0.25, 0.3) is 0 Å². The molecule has 0 saturated heterocycles. The molecule has 0 heterocycles. The van der Waals surface area contributed by atoms with E-state index in [4.69, 9.17) is 5.11 Å². The van der Waals surface area contributed by atoms with Crippen LogP contribution in [0.4, 0.5) is 32.0 Å². The minimum atomic E-state index is -5.23. The summed E-state index contributed by atoms with van der Waals surface area (Å²) >= 11 is 0. The van der Waals surface area contributed by atoms with E-state index in [2.05, 4.69) is 4.74 Å². The van der Waals surface area contributed by atoms with E-state index >= 15 is 0 Å². The first-order valence-corrected chi connectivity index (χ1v) is 4.91. The van der Waals surface area contributed by atoms with Gasteiger partial charge in [-0.15, -0.1) is 13.2 Å². The van der Waals surface area contributed by atoms with Crippen molar-refractivity contribution >= 4 is 17.6 Å². The molecule has 0 aliphatic heterocycles. The number of rotatable bonds is 3. The molecule has 0 aliphatic rings. The number of hydrogen-bond acceptors (Lipinski definition) is 3. The largest absolute Gasteiger partial charge is 0.573 e. The molecule has 11 heteroatoms. The second-order valence-corrected chi connectivity index (χ2v) is 3.52. The first-order chi connectivity index (χ1) is 9.40. The van der Waals surface area contributed by atoms with Crippen LogP contribution in [-0.2, 0) is 4.79 Å². The van der Waals surface area contributed by atoms with Crippen LogP contribution in [0, 0.1) is 0 Å². The van der Waals surface area contributed by atoms with Crippen LogP contribution in [0.5, 0.6) is 5.75 Å². The van der Waals surface area contributed by atoms with Gasteiger partial charge in [-0.1, -0.05) is 0 Å². The Morgan fingerprint density at radius 3 is 2.10 bits per heavy atom. The number of carboxylic acid groups (broad SMARTS) is 1. The molecule has 1 aromatic rings. The highest BCUT2D eigenvalue weighted by atomic mass is 19.4. The lowest BCUT2D eigenvalue weighted by Gasteiger charge is -2.13. The van der Waals surface area contributed by atoms with Gasteiger partial charge in [0.05, 0.1) is 0 Å². The van der Waals surface area contributed by atoms with Gasteiger partial charge in [-0.2, -0.15) is 13.2 Å². The summed E-state index contributed by atoms with van der Waals surface area (Å²) in [5, 5.41) is 10.0. The van der Waals surface area contributed by atoms with Gasteiger partial charge in [-0.25, -0.2) is 4.79 Å². The summed E-state index contributed by atoms with van der Waals surface area (Å²) in [7, 11) is 0. The van der Waals surface area contributed by atoms with Gasteiger partial charge >= 0.3 is 24.4 Å². The molecule has 0 atom stereocenters. The van der Waals surface area contributed by atoms with E-state index < -0.39 is 41.4 Å². The first-order valence-electron chi connectivity index (χ1n) is 4.91. The van der Waals surface area contributed by atoms with Crippen molar-refractivity contribution < 1.29 is 45.8 Å². The third kappa shape index (κ3) is 4.85. The van der Waals surface area contributed by atoms with Crippen molar-refractivity contribution in [1.29, 1.82) is 0 Å². The SMILES string of the molecule is O=C(O)c1cc(NC(=O)C(F)(F)F)ccc1OC(F)(F)F. The molecule has 0 bridgehead atoms. The minimum absolute atomic E-state index is 0.410. The van der Waals surface area contributed by atoms with Crippen molar-refractivity contribution in [1.82, 2.24) is 0 Å². The second-order valence-electron chi connectivity index (χ2n) is 3.52. The van der Waals surface area contributed by atoms with E-state index in [9.17, 15) is 35.9 Å². The number of amides is 1. The zero-order chi connectivity index (χ0) is 16.4. The van der Waals surface area contributed by atoms with E-state index in [0.717, 1.165) is 0 Å². The summed E-state index contributed by atoms with van der Waals surface area (Å²) in [6.45, 7) is 0. The molecule has 0 aliphatic carbocycles. The van der Waals surface area contributed by atoms with Gasteiger partial charge in [0.2, 0.25) is 0 Å². The molecular formula is C10H5F6NO4. The lowest BCUT2D eigenvalue weighted by molar-refractivity contribution is -0.274. The Hall–Kier alpha value is -2.46. The Labute approximate surface area is 112 Å². The summed E-state index contributed by atoms with van der Waals surface area (Å²) in [5.41, 5.74) is -1.71. The second kappa shape index (κ2) is 5.50. The number of carbonyl (C=O) groups is 2. The number of benzene rings is 1. The summed E-state index contributed by atoms with van der Waals surface area (Å²) in [5.74, 6) is -5.40. The lowest BCUT2D eigenvalue weighted by Crippen LogP contribution is -2.30. The number of anilines is 1. The molecule has 1 rings (SSSR count). The molecule has 0 radical (unpaired) electrons. The van der Waals surface area contributed by atoms with Gasteiger partial charge in [0, 0.05) is 5.69 Å². The molecule has 0 saturated carbocycles. The summed E-state index contributed by atoms with van der Waals surface area (Å²) < 4.78 is 75.4. The van der Waals surface area contributed by atoms with Gasteiger partial charge in [0.15, 0.2) is 0 Å². The monoisotopic (exact) mass is 317 g/mol. The maximum atomic E-state index is 12.0. The molecule has 0 fully saturated rings. The van der Waals surface area contributed by atoms with Crippen LogP contribution in [0.2, 0.25) is 0 Å². The molecule has 1 amide bonds. The van der Waals surface area contributed by atoms with Crippen molar-refractivity contribution in [3.63, 3.8) is 0 Å². The molecule has 1 aromatic carbocycles. The molecule has 0 spiro atoms. The number of alkyl halides is 6. The molecule has 21 heavy (non-hydrogen) atoms. The predicted molar refractivity (Wildman–Crippen MR) is 54.8 cm³/mol. The van der Waals surface area contributed by atoms with E-state index in [1.54, 1.807) is 0 Å². The third-order valence-electron chi connectivity index (χ3n) is 1.95. The number of carbonyl (C=O) groups excluding carboxylic acids is 1. The van der Waals surface area contributed by atoms with Gasteiger partial charge < -0.3 is 15.2 Å². The average molecular weight is 317 g/mol. The topological polar surface area (TPSA) is 75.6 Å². The highest BCUT2D eigenvalue weighted by Crippen LogP contribution is 2.29. The molecular weight excluding hydrogens is 312 g/mol. The van der Waals surface area contributed by atoms with Crippen molar-refractivity contribution in [2.24, 2.45) is 0 Å². The van der Waals surface area contributed by atoms with Gasteiger partial charge in [0.1, 0.15) is 11.3 Å². The number of nitrogens with one attached hydrogen (secondary N) is 1. The van der Waals surface area contributed by atoms with Crippen LogP contribution < -0.4 is 10.1 Å². The van der Waals surface area contributed by atoms with E-state index in [1.165, 1.54) is 5.32 Å². The van der Waals surface area contributed by atoms with Crippen LogP contribution in [-0.4, -0.2) is 29.5 Å². The van der Waals surface area contributed by atoms with E-state index in [0.29, 0.717) is 18.2 Å². The number of halogens is 6. The van der Waals surface area contributed by atoms with Gasteiger partial charge in [0.25, 0.3) is 0 Å². The first kappa shape index (κ1) is 16.6. The molecule has 0 unspecified atom stereocenters. The van der Waals surface area contributed by atoms with E-state index in [-0.39, 0.29) is 0 Å². The average Bonchev–Trinajstić information content (AvgIpc) is 2.27. The third-order valence-corrected chi connectivity index (χ3v) is 1.95. The van der Waals surface area contributed by atoms with Crippen LogP contribution in [0.3, 0.4) is 0 Å². The summed E-state index contributed by atoms with van der Waals surface area (Å²) in [6, 6.07) is 1.52. The highest BCUT2D eigenvalue weighted by molar-refractivity contribution is 5.97. The smallest absolute Gasteiger partial charge is 0.478 e. The Balaban J connectivity index is 3.10. The Bertz CT molecular complexity index is 566. The number of carboxylic acids is 1. The van der Waals surface area contributed by atoms with Crippen LogP contribution >= 0.6 is 0 Å². The van der Waals surface area contributed by atoms with Crippen LogP contribution in [0.1, 0.15) is 10.4 Å². The summed E-state index contributed by atoms with van der Waals surface area (Å²) in [4.78, 5) is 21.4. The maximum absolute atomic E-state index is 12.0. The number of aromatic carboxylic acids is 1. The summed E-state index contributed by atoms with van der Waals surface area (Å²) in [6.07, 6.45) is -10.4. The standard InChI is InChI=1S/C10H5F6NO4/c11-9(12,13)8(20)17-4-1-2-6(21-10(14,15)16)5(3-4)7(18)19/h1-3H,(H,17,20)(H,18,19). The Morgan fingerprint density at radius 2 is 1.67 bits per heavy atom.